The molecule has 1 aliphatic rings. The molecular formula is C18H27BO2. The van der Waals surface area contributed by atoms with Crippen molar-refractivity contribution in [3.63, 3.8) is 0 Å². The van der Waals surface area contributed by atoms with Gasteiger partial charge in [0.15, 0.2) is 0 Å². The topological polar surface area (TPSA) is 18.5 Å². The number of rotatable bonds is 5. The summed E-state index contributed by atoms with van der Waals surface area (Å²) in [6, 6.07) is 10.5. The number of hydrogen-bond acceptors (Lipinski definition) is 2. The number of benzene rings is 1. The predicted octanol–water partition coefficient (Wildman–Crippen LogP) is 4.76. The van der Waals surface area contributed by atoms with Crippen LogP contribution in [0.2, 0.25) is 0 Å². The van der Waals surface area contributed by atoms with Crippen molar-refractivity contribution in [1.29, 1.82) is 0 Å². The second kappa shape index (κ2) is 6.37. The van der Waals surface area contributed by atoms with E-state index in [4.69, 9.17) is 9.31 Å². The molecule has 1 aromatic carbocycles. The van der Waals surface area contributed by atoms with E-state index in [9.17, 15) is 0 Å². The fourth-order valence-corrected chi connectivity index (χ4v) is 2.48. The second-order valence-electron chi connectivity index (χ2n) is 6.78. The Morgan fingerprint density at radius 3 is 2.14 bits per heavy atom. The van der Waals surface area contributed by atoms with Crippen molar-refractivity contribution >= 4 is 7.12 Å². The van der Waals surface area contributed by atoms with E-state index in [1.165, 1.54) is 5.56 Å². The third-order valence-electron chi connectivity index (χ3n) is 4.55. The van der Waals surface area contributed by atoms with Crippen molar-refractivity contribution in [3.8, 4) is 0 Å². The lowest BCUT2D eigenvalue weighted by Crippen LogP contribution is -2.41. The lowest BCUT2D eigenvalue weighted by Gasteiger charge is -2.32. The lowest BCUT2D eigenvalue weighted by molar-refractivity contribution is 0.00578. The first-order valence-corrected chi connectivity index (χ1v) is 7.94. The first-order valence-electron chi connectivity index (χ1n) is 7.94. The average molecular weight is 286 g/mol. The van der Waals surface area contributed by atoms with Gasteiger partial charge in [-0.25, -0.2) is 0 Å². The maximum Gasteiger partial charge on any atom is 0.469 e. The van der Waals surface area contributed by atoms with Crippen LogP contribution in [0.4, 0.5) is 0 Å². The van der Waals surface area contributed by atoms with Gasteiger partial charge in [-0.3, -0.25) is 0 Å². The number of allylic oxidation sites excluding steroid dienone is 2. The molecule has 2 nitrogen and oxygen atoms in total. The molecule has 0 aromatic heterocycles. The van der Waals surface area contributed by atoms with Crippen molar-refractivity contribution in [2.45, 2.75) is 64.5 Å². The van der Waals surface area contributed by atoms with E-state index in [0.29, 0.717) is 0 Å². The molecule has 0 amide bonds. The Labute approximate surface area is 129 Å². The first-order chi connectivity index (χ1) is 9.87. The summed E-state index contributed by atoms with van der Waals surface area (Å²) in [4.78, 5) is 0. The SMILES string of the molecule is CCC/C=C/C(B1OC(C)(C)C(C)(C)O1)c1ccccc1. The predicted molar refractivity (Wildman–Crippen MR) is 89.3 cm³/mol. The van der Waals surface area contributed by atoms with Gasteiger partial charge in [-0.2, -0.15) is 0 Å². The molecule has 1 atom stereocenters. The maximum absolute atomic E-state index is 6.24. The van der Waals surface area contributed by atoms with Crippen LogP contribution >= 0.6 is 0 Å². The van der Waals surface area contributed by atoms with Crippen LogP contribution < -0.4 is 0 Å². The van der Waals surface area contributed by atoms with Gasteiger partial charge in [0.05, 0.1) is 11.2 Å². The molecule has 114 valence electrons. The molecule has 0 N–H and O–H groups in total. The molecule has 1 aliphatic heterocycles. The van der Waals surface area contributed by atoms with Crippen molar-refractivity contribution < 1.29 is 9.31 Å². The van der Waals surface area contributed by atoms with Crippen LogP contribution in [0.15, 0.2) is 42.5 Å². The molecule has 1 fully saturated rings. The summed E-state index contributed by atoms with van der Waals surface area (Å²) in [5.41, 5.74) is 0.662. The Morgan fingerprint density at radius 1 is 1.05 bits per heavy atom. The van der Waals surface area contributed by atoms with Crippen LogP contribution in [-0.2, 0) is 9.31 Å². The fraction of sp³-hybridized carbons (Fsp3) is 0.556. The van der Waals surface area contributed by atoms with Crippen LogP contribution in [0.25, 0.3) is 0 Å². The minimum atomic E-state index is -0.288. The van der Waals surface area contributed by atoms with Gasteiger partial charge >= 0.3 is 7.12 Å². The molecule has 0 aliphatic carbocycles. The Balaban J connectivity index is 2.25. The molecular weight excluding hydrogens is 259 g/mol. The molecule has 3 heteroatoms. The Bertz CT molecular complexity index is 463. The highest BCUT2D eigenvalue weighted by Crippen LogP contribution is 2.41. The van der Waals surface area contributed by atoms with Gasteiger partial charge in [0.25, 0.3) is 0 Å². The van der Waals surface area contributed by atoms with Gasteiger partial charge in [0.1, 0.15) is 0 Å². The van der Waals surface area contributed by atoms with E-state index in [1.54, 1.807) is 0 Å². The van der Waals surface area contributed by atoms with E-state index in [0.717, 1.165) is 12.8 Å². The molecule has 0 saturated carbocycles. The molecule has 1 unspecified atom stereocenters. The highest BCUT2D eigenvalue weighted by molar-refractivity contribution is 6.48. The van der Waals surface area contributed by atoms with Crippen molar-refractivity contribution in [2.75, 3.05) is 0 Å². The smallest absolute Gasteiger partial charge is 0.403 e. The summed E-state index contributed by atoms with van der Waals surface area (Å²) in [7, 11) is -0.231. The molecule has 21 heavy (non-hydrogen) atoms. The van der Waals surface area contributed by atoms with Crippen molar-refractivity contribution in [1.82, 2.24) is 0 Å². The normalized spacial score (nSPS) is 21.9. The Morgan fingerprint density at radius 2 is 1.62 bits per heavy atom. The van der Waals surface area contributed by atoms with Crippen LogP contribution in [0, 0.1) is 0 Å². The van der Waals surface area contributed by atoms with Gasteiger partial charge in [-0.15, -0.1) is 0 Å². The van der Waals surface area contributed by atoms with Crippen LogP contribution in [0.3, 0.4) is 0 Å². The highest BCUT2D eigenvalue weighted by Gasteiger charge is 2.53. The zero-order chi connectivity index (χ0) is 15.5. The second-order valence-corrected chi connectivity index (χ2v) is 6.78. The van der Waals surface area contributed by atoms with Crippen molar-refractivity contribution in [2.24, 2.45) is 0 Å². The summed E-state index contributed by atoms with van der Waals surface area (Å²) in [5.74, 6) is 0.138. The monoisotopic (exact) mass is 286 g/mol. The molecule has 1 aromatic rings. The third kappa shape index (κ3) is 3.59. The summed E-state index contributed by atoms with van der Waals surface area (Å²) < 4.78 is 12.5. The molecule has 0 radical (unpaired) electrons. The summed E-state index contributed by atoms with van der Waals surface area (Å²) in [6.07, 6.45) is 6.72. The summed E-state index contributed by atoms with van der Waals surface area (Å²) in [6.45, 7) is 10.6. The number of unbranched alkanes of at least 4 members (excludes halogenated alkanes) is 1. The highest BCUT2D eigenvalue weighted by atomic mass is 16.7. The standard InChI is InChI=1S/C18H27BO2/c1-6-7-9-14-16(15-12-10-8-11-13-15)19-20-17(2,3)18(4,5)21-19/h8-14,16H,6-7H2,1-5H3/b14-9+. The van der Waals surface area contributed by atoms with Gasteiger partial charge in [0.2, 0.25) is 0 Å². The first kappa shape index (κ1) is 16.3. The zero-order valence-electron chi connectivity index (χ0n) is 13.9. The van der Waals surface area contributed by atoms with E-state index < -0.39 is 0 Å². The van der Waals surface area contributed by atoms with Crippen LogP contribution in [-0.4, -0.2) is 18.3 Å². The van der Waals surface area contributed by atoms with Crippen LogP contribution in [0.1, 0.15) is 58.8 Å². The molecule has 2 rings (SSSR count). The van der Waals surface area contributed by atoms with Gasteiger partial charge in [0, 0.05) is 5.82 Å². The Hall–Kier alpha value is -1.06. The number of hydrogen-bond donors (Lipinski definition) is 0. The average Bonchev–Trinajstić information content (AvgIpc) is 2.64. The maximum atomic E-state index is 6.24. The Kier molecular flexibility index (Phi) is 4.95. The molecule has 0 spiro atoms. The van der Waals surface area contributed by atoms with Crippen LogP contribution in [0.5, 0.6) is 0 Å². The third-order valence-corrected chi connectivity index (χ3v) is 4.55. The van der Waals surface area contributed by atoms with E-state index in [-0.39, 0.29) is 24.1 Å². The summed E-state index contributed by atoms with van der Waals surface area (Å²) in [5, 5.41) is 0. The van der Waals surface area contributed by atoms with E-state index in [2.05, 4.69) is 71.0 Å². The van der Waals surface area contributed by atoms with Gasteiger partial charge < -0.3 is 9.31 Å². The quantitative estimate of drug-likeness (QED) is 0.574. The fourth-order valence-electron chi connectivity index (χ4n) is 2.48. The summed E-state index contributed by atoms with van der Waals surface area (Å²) >= 11 is 0. The van der Waals surface area contributed by atoms with Crippen molar-refractivity contribution in [3.05, 3.63) is 48.0 Å². The van der Waals surface area contributed by atoms with Gasteiger partial charge in [-0.1, -0.05) is 55.8 Å². The largest absolute Gasteiger partial charge is 0.469 e. The molecule has 0 bridgehead atoms. The molecule has 1 heterocycles. The minimum absolute atomic E-state index is 0.138. The minimum Gasteiger partial charge on any atom is -0.403 e. The van der Waals surface area contributed by atoms with E-state index in [1.807, 2.05) is 6.07 Å². The molecule has 1 saturated heterocycles. The zero-order valence-corrected chi connectivity index (χ0v) is 13.9. The van der Waals surface area contributed by atoms with E-state index >= 15 is 0 Å². The lowest BCUT2D eigenvalue weighted by atomic mass is 9.67. The van der Waals surface area contributed by atoms with Gasteiger partial charge in [-0.05, 0) is 39.7 Å².